The number of anilines is 1. The van der Waals surface area contributed by atoms with Crippen LogP contribution < -0.4 is 10.6 Å². The molecule has 0 spiro atoms. The smallest absolute Gasteiger partial charge is 0.288 e. The van der Waals surface area contributed by atoms with Crippen LogP contribution in [0.5, 0.6) is 0 Å². The molecular weight excluding hydrogens is 252 g/mol. The van der Waals surface area contributed by atoms with Gasteiger partial charge in [0, 0.05) is 12.2 Å². The first-order chi connectivity index (χ1) is 9.63. The zero-order valence-corrected chi connectivity index (χ0v) is 11.9. The summed E-state index contributed by atoms with van der Waals surface area (Å²) in [5.41, 5.74) is 2.82. The minimum absolute atomic E-state index is 0.397. The number of amides is 1. The predicted molar refractivity (Wildman–Crippen MR) is 79.6 cm³/mol. The number of fused-ring (bicyclic) bond motifs is 1. The minimum atomic E-state index is -0.498. The highest BCUT2D eigenvalue weighted by Crippen LogP contribution is 2.31. The van der Waals surface area contributed by atoms with Crippen molar-refractivity contribution in [2.45, 2.75) is 32.6 Å². The van der Waals surface area contributed by atoms with Crippen LogP contribution in [0.3, 0.4) is 0 Å². The molecule has 0 fully saturated rings. The number of aryl methyl sites for hydroxylation is 1. The molecule has 1 unspecified atom stereocenters. The maximum atomic E-state index is 12.3. The number of ketones is 1. The molecule has 0 aliphatic carbocycles. The summed E-state index contributed by atoms with van der Waals surface area (Å²) in [7, 11) is 0. The van der Waals surface area contributed by atoms with Crippen molar-refractivity contribution in [1.29, 1.82) is 0 Å². The molecule has 0 saturated carbocycles. The van der Waals surface area contributed by atoms with E-state index in [9.17, 15) is 9.59 Å². The van der Waals surface area contributed by atoms with Gasteiger partial charge in [0.1, 0.15) is 0 Å². The molecule has 1 aliphatic heterocycles. The number of Topliss-reactive ketones (excluding diaryl/α,β-unsaturated/α-hetero) is 1. The maximum absolute atomic E-state index is 12.3. The van der Waals surface area contributed by atoms with Crippen LogP contribution in [-0.4, -0.2) is 18.2 Å². The Morgan fingerprint density at radius 1 is 1.35 bits per heavy atom. The van der Waals surface area contributed by atoms with Gasteiger partial charge in [0.2, 0.25) is 5.78 Å². The molecule has 4 heteroatoms. The maximum Gasteiger partial charge on any atom is 0.288 e. The van der Waals surface area contributed by atoms with Crippen LogP contribution in [0.1, 0.15) is 36.8 Å². The lowest BCUT2D eigenvalue weighted by molar-refractivity contribution is -0.138. The average molecular weight is 272 g/mol. The fraction of sp³-hybridized carbons (Fsp3) is 0.375. The molecule has 4 nitrogen and oxygen atoms in total. The van der Waals surface area contributed by atoms with Crippen LogP contribution in [-0.2, 0) is 9.59 Å². The Bertz CT molecular complexity index is 549. The van der Waals surface area contributed by atoms with E-state index in [-0.39, 0.29) is 0 Å². The van der Waals surface area contributed by atoms with Crippen LogP contribution in [0.4, 0.5) is 5.69 Å². The number of hydrogen-bond donors (Lipinski definition) is 2. The van der Waals surface area contributed by atoms with Crippen molar-refractivity contribution in [3.63, 3.8) is 0 Å². The molecule has 1 atom stereocenters. The number of hydrogen-bond acceptors (Lipinski definition) is 3. The third kappa shape index (κ3) is 3.07. The highest BCUT2D eigenvalue weighted by atomic mass is 16.2. The van der Waals surface area contributed by atoms with Crippen molar-refractivity contribution in [3.05, 3.63) is 41.6 Å². The lowest BCUT2D eigenvalue weighted by atomic mass is 9.89. The van der Waals surface area contributed by atoms with Gasteiger partial charge in [-0.1, -0.05) is 37.1 Å². The van der Waals surface area contributed by atoms with E-state index in [1.807, 2.05) is 32.0 Å². The van der Waals surface area contributed by atoms with Crippen LogP contribution >= 0.6 is 0 Å². The van der Waals surface area contributed by atoms with Gasteiger partial charge in [0.15, 0.2) is 0 Å². The van der Waals surface area contributed by atoms with E-state index in [1.165, 1.54) is 0 Å². The average Bonchev–Trinajstić information content (AvgIpc) is 2.46. The molecule has 106 valence electrons. The molecule has 1 aromatic carbocycles. The van der Waals surface area contributed by atoms with E-state index in [2.05, 4.69) is 10.6 Å². The van der Waals surface area contributed by atoms with Gasteiger partial charge in [0.25, 0.3) is 5.91 Å². The Hall–Kier alpha value is -2.10. The zero-order chi connectivity index (χ0) is 14.5. The molecule has 0 saturated heterocycles. The van der Waals surface area contributed by atoms with Gasteiger partial charge < -0.3 is 10.6 Å². The van der Waals surface area contributed by atoms with E-state index in [4.69, 9.17) is 0 Å². The monoisotopic (exact) mass is 272 g/mol. The SMILES string of the molecule is CCCCNC(=O)C(=O)C1C=CNc2ccc(C)cc21. The van der Waals surface area contributed by atoms with Gasteiger partial charge in [-0.15, -0.1) is 0 Å². The number of allylic oxidation sites excluding steroid dienone is 1. The second-order valence-electron chi connectivity index (χ2n) is 5.05. The van der Waals surface area contributed by atoms with Crippen molar-refractivity contribution in [2.24, 2.45) is 0 Å². The first-order valence-electron chi connectivity index (χ1n) is 6.99. The number of unbranched alkanes of at least 4 members (excludes halogenated alkanes) is 1. The third-order valence-corrected chi connectivity index (χ3v) is 3.39. The summed E-state index contributed by atoms with van der Waals surface area (Å²) < 4.78 is 0. The predicted octanol–water partition coefficient (Wildman–Crippen LogP) is 2.50. The largest absolute Gasteiger partial charge is 0.362 e. The van der Waals surface area contributed by atoms with Gasteiger partial charge in [-0.05, 0) is 31.2 Å². The summed E-state index contributed by atoms with van der Waals surface area (Å²) in [5.74, 6) is -1.39. The number of benzene rings is 1. The molecule has 0 radical (unpaired) electrons. The normalized spacial score (nSPS) is 16.2. The lowest BCUT2D eigenvalue weighted by Crippen LogP contribution is -2.35. The molecule has 1 aromatic rings. The van der Waals surface area contributed by atoms with Crippen LogP contribution in [0.25, 0.3) is 0 Å². The number of rotatable bonds is 5. The summed E-state index contributed by atoms with van der Waals surface area (Å²) in [6, 6.07) is 5.87. The quantitative estimate of drug-likeness (QED) is 0.639. The van der Waals surface area contributed by atoms with Crippen molar-refractivity contribution in [1.82, 2.24) is 5.32 Å². The Kier molecular flexibility index (Phi) is 4.56. The van der Waals surface area contributed by atoms with E-state index in [0.29, 0.717) is 6.54 Å². The molecule has 0 bridgehead atoms. The Morgan fingerprint density at radius 3 is 2.90 bits per heavy atom. The molecule has 2 rings (SSSR count). The molecular formula is C16H20N2O2. The second-order valence-corrected chi connectivity index (χ2v) is 5.05. The van der Waals surface area contributed by atoms with Crippen LogP contribution in [0, 0.1) is 6.92 Å². The molecule has 0 aromatic heterocycles. The summed E-state index contributed by atoms with van der Waals surface area (Å²) in [5, 5.41) is 5.78. The summed E-state index contributed by atoms with van der Waals surface area (Å²) in [6.07, 6.45) is 5.34. The van der Waals surface area contributed by atoms with E-state index >= 15 is 0 Å². The summed E-state index contributed by atoms with van der Waals surface area (Å²) >= 11 is 0. The van der Waals surface area contributed by atoms with Crippen molar-refractivity contribution < 1.29 is 9.59 Å². The van der Waals surface area contributed by atoms with E-state index in [1.54, 1.807) is 12.3 Å². The lowest BCUT2D eigenvalue weighted by Gasteiger charge is -2.21. The molecule has 2 N–H and O–H groups in total. The standard InChI is InChI=1S/C16H20N2O2/c1-3-4-8-18-16(20)15(19)12-7-9-17-14-6-5-11(2)10-13(12)14/h5-7,9-10,12,17H,3-4,8H2,1-2H3,(H,18,20). The van der Waals surface area contributed by atoms with Gasteiger partial charge in [0.05, 0.1) is 5.92 Å². The zero-order valence-electron chi connectivity index (χ0n) is 11.9. The van der Waals surface area contributed by atoms with Gasteiger partial charge in [-0.3, -0.25) is 9.59 Å². The number of carbonyl (C=O) groups is 2. The Labute approximate surface area is 119 Å². The van der Waals surface area contributed by atoms with Crippen LogP contribution in [0.15, 0.2) is 30.5 Å². The Morgan fingerprint density at radius 2 is 2.15 bits per heavy atom. The fourth-order valence-corrected chi connectivity index (χ4v) is 2.24. The van der Waals surface area contributed by atoms with Gasteiger partial charge >= 0.3 is 0 Å². The first-order valence-corrected chi connectivity index (χ1v) is 6.99. The highest BCUT2D eigenvalue weighted by molar-refractivity contribution is 6.39. The molecule has 20 heavy (non-hydrogen) atoms. The van der Waals surface area contributed by atoms with Gasteiger partial charge in [-0.25, -0.2) is 0 Å². The number of carbonyl (C=O) groups excluding carboxylic acids is 2. The summed E-state index contributed by atoms with van der Waals surface area (Å²) in [6.45, 7) is 4.57. The third-order valence-electron chi connectivity index (χ3n) is 3.39. The highest BCUT2D eigenvalue weighted by Gasteiger charge is 2.28. The fourth-order valence-electron chi connectivity index (χ4n) is 2.24. The number of nitrogens with one attached hydrogen (secondary N) is 2. The summed E-state index contributed by atoms with van der Waals surface area (Å²) in [4.78, 5) is 24.2. The van der Waals surface area contributed by atoms with E-state index in [0.717, 1.165) is 29.7 Å². The molecule has 1 amide bonds. The molecule has 1 aliphatic rings. The first kappa shape index (κ1) is 14.3. The minimum Gasteiger partial charge on any atom is -0.362 e. The van der Waals surface area contributed by atoms with Crippen LogP contribution in [0.2, 0.25) is 0 Å². The van der Waals surface area contributed by atoms with Crippen molar-refractivity contribution in [2.75, 3.05) is 11.9 Å². The van der Waals surface area contributed by atoms with E-state index < -0.39 is 17.6 Å². The van der Waals surface area contributed by atoms with Crippen molar-refractivity contribution >= 4 is 17.4 Å². The topological polar surface area (TPSA) is 58.2 Å². The van der Waals surface area contributed by atoms with Gasteiger partial charge in [-0.2, -0.15) is 0 Å². The molecule has 1 heterocycles. The van der Waals surface area contributed by atoms with Crippen molar-refractivity contribution in [3.8, 4) is 0 Å². The Balaban J connectivity index is 2.14. The second kappa shape index (κ2) is 6.37.